The summed E-state index contributed by atoms with van der Waals surface area (Å²) in [6, 6.07) is 16.3. The Kier molecular flexibility index (Phi) is 8.90. The zero-order valence-corrected chi connectivity index (χ0v) is 20.7. The maximum atomic E-state index is 14.4. The first-order valence-electron chi connectivity index (χ1n) is 12.6. The molecule has 6 nitrogen and oxygen atoms in total. The van der Waals surface area contributed by atoms with Crippen LogP contribution >= 0.6 is 0 Å². The Morgan fingerprint density at radius 2 is 1.89 bits per heavy atom. The molecule has 0 unspecified atom stereocenters. The molecule has 1 aromatic heterocycles. The van der Waals surface area contributed by atoms with Gasteiger partial charge in [-0.05, 0) is 37.3 Å². The average Bonchev–Trinajstić information content (AvgIpc) is 3.62. The zero-order chi connectivity index (χ0) is 24.6. The third-order valence-electron chi connectivity index (χ3n) is 6.19. The number of hydrogen-bond donors (Lipinski definition) is 1. The highest BCUT2D eigenvalue weighted by atomic mass is 19.1. The van der Waals surface area contributed by atoms with Crippen LogP contribution in [-0.2, 0) is 18.3 Å². The molecule has 0 radical (unpaired) electrons. The largest absolute Gasteiger partial charge is 0.436 e. The lowest BCUT2D eigenvalue weighted by Crippen LogP contribution is -2.36. The molecule has 1 aliphatic carbocycles. The van der Waals surface area contributed by atoms with Gasteiger partial charge in [0.25, 0.3) is 0 Å². The number of benzene rings is 2. The lowest BCUT2D eigenvalue weighted by Gasteiger charge is -2.25. The number of hydrogen-bond acceptors (Lipinski definition) is 5. The van der Waals surface area contributed by atoms with Crippen molar-refractivity contribution in [3.63, 3.8) is 0 Å². The second-order valence-electron chi connectivity index (χ2n) is 9.37. The summed E-state index contributed by atoms with van der Waals surface area (Å²) in [5.41, 5.74) is 2.65. The van der Waals surface area contributed by atoms with Gasteiger partial charge in [-0.1, -0.05) is 55.8 Å². The molecule has 1 fully saturated rings. The minimum absolute atomic E-state index is 0.162. The number of ether oxygens (including phenoxy) is 2. The molecule has 0 spiro atoms. The number of aromatic nitrogens is 2. The molecule has 0 amide bonds. The third kappa shape index (κ3) is 7.13. The summed E-state index contributed by atoms with van der Waals surface area (Å²) < 4.78 is 27.9. The van der Waals surface area contributed by atoms with Gasteiger partial charge in [0.2, 0.25) is 5.88 Å². The SMILES string of the molecule is CCCCOC[C@H](O)CN(Cc1c(-c2ccccc2)nn(C)c1Oc1ccccc1F)CC1CC1. The molecule has 0 aliphatic heterocycles. The van der Waals surface area contributed by atoms with E-state index in [0.29, 0.717) is 38.1 Å². The molecule has 4 rings (SSSR count). The number of para-hydroxylation sites is 1. The molecule has 1 aliphatic rings. The summed E-state index contributed by atoms with van der Waals surface area (Å²) in [6.07, 6.45) is 3.88. The summed E-state index contributed by atoms with van der Waals surface area (Å²) in [6.45, 7) is 5.01. The van der Waals surface area contributed by atoms with Crippen LogP contribution in [-0.4, -0.2) is 52.2 Å². The van der Waals surface area contributed by atoms with Gasteiger partial charge >= 0.3 is 0 Å². The Hall–Kier alpha value is -2.74. The molecule has 0 saturated heterocycles. The van der Waals surface area contributed by atoms with Crippen LogP contribution in [0, 0.1) is 11.7 Å². The van der Waals surface area contributed by atoms with Gasteiger partial charge in [-0.15, -0.1) is 0 Å². The predicted molar refractivity (Wildman–Crippen MR) is 135 cm³/mol. The van der Waals surface area contributed by atoms with Crippen LogP contribution in [0.2, 0.25) is 0 Å². The third-order valence-corrected chi connectivity index (χ3v) is 6.19. The van der Waals surface area contributed by atoms with Crippen molar-refractivity contribution in [1.82, 2.24) is 14.7 Å². The number of aliphatic hydroxyl groups is 1. The maximum Gasteiger partial charge on any atom is 0.222 e. The van der Waals surface area contributed by atoms with E-state index in [0.717, 1.165) is 36.2 Å². The Morgan fingerprint density at radius 3 is 2.60 bits per heavy atom. The highest BCUT2D eigenvalue weighted by molar-refractivity contribution is 5.65. The lowest BCUT2D eigenvalue weighted by atomic mass is 10.1. The monoisotopic (exact) mass is 481 g/mol. The first kappa shape index (κ1) is 25.4. The van der Waals surface area contributed by atoms with Gasteiger partial charge in [0, 0.05) is 38.9 Å². The van der Waals surface area contributed by atoms with Crippen molar-refractivity contribution in [1.29, 1.82) is 0 Å². The highest BCUT2D eigenvalue weighted by Crippen LogP contribution is 2.36. The summed E-state index contributed by atoms with van der Waals surface area (Å²) in [7, 11) is 1.81. The van der Waals surface area contributed by atoms with Crippen LogP contribution in [0.5, 0.6) is 11.6 Å². The van der Waals surface area contributed by atoms with E-state index < -0.39 is 11.9 Å². The number of aryl methyl sites for hydroxylation is 1. The van der Waals surface area contributed by atoms with E-state index in [2.05, 4.69) is 11.8 Å². The van der Waals surface area contributed by atoms with Crippen molar-refractivity contribution in [2.24, 2.45) is 13.0 Å². The van der Waals surface area contributed by atoms with Gasteiger partial charge in [-0.25, -0.2) is 9.07 Å². The summed E-state index contributed by atoms with van der Waals surface area (Å²) in [5, 5.41) is 15.5. The normalized spacial score (nSPS) is 14.4. The molecule has 1 saturated carbocycles. The summed E-state index contributed by atoms with van der Waals surface area (Å²) in [5.74, 6) is 0.879. The van der Waals surface area contributed by atoms with E-state index in [1.165, 1.54) is 18.9 Å². The Labute approximate surface area is 207 Å². The lowest BCUT2D eigenvalue weighted by molar-refractivity contribution is 0.0135. The Balaban J connectivity index is 1.61. The summed E-state index contributed by atoms with van der Waals surface area (Å²) >= 11 is 0. The standard InChI is InChI=1S/C28H36FN3O3/c1-3-4-16-34-20-23(33)18-32(17-21-14-15-21)19-24-27(22-10-6-5-7-11-22)30-31(2)28(24)35-26-13-9-8-12-25(26)29/h5-13,21,23,33H,3-4,14-20H2,1-2H3/t23-/m1/s1. The van der Waals surface area contributed by atoms with Gasteiger partial charge in [0.15, 0.2) is 11.6 Å². The topological polar surface area (TPSA) is 59.8 Å². The number of aliphatic hydroxyl groups excluding tert-OH is 1. The Bertz CT molecular complexity index is 1070. The first-order valence-corrected chi connectivity index (χ1v) is 12.6. The van der Waals surface area contributed by atoms with E-state index in [4.69, 9.17) is 14.6 Å². The molecular weight excluding hydrogens is 445 g/mol. The maximum absolute atomic E-state index is 14.4. The van der Waals surface area contributed by atoms with Crippen LogP contribution in [0.3, 0.4) is 0 Å². The van der Waals surface area contributed by atoms with E-state index >= 15 is 0 Å². The quantitative estimate of drug-likeness (QED) is 0.312. The van der Waals surface area contributed by atoms with Gasteiger partial charge in [0.1, 0.15) is 5.69 Å². The molecule has 1 N–H and O–H groups in total. The molecule has 188 valence electrons. The van der Waals surface area contributed by atoms with Gasteiger partial charge in [0.05, 0.1) is 18.3 Å². The fourth-order valence-corrected chi connectivity index (χ4v) is 4.19. The molecular formula is C28H36FN3O3. The fourth-order valence-electron chi connectivity index (χ4n) is 4.19. The smallest absolute Gasteiger partial charge is 0.222 e. The van der Waals surface area contributed by atoms with Crippen molar-refractivity contribution >= 4 is 0 Å². The van der Waals surface area contributed by atoms with Crippen molar-refractivity contribution in [2.45, 2.75) is 45.3 Å². The van der Waals surface area contributed by atoms with Crippen LogP contribution < -0.4 is 4.74 Å². The first-order chi connectivity index (χ1) is 17.0. The predicted octanol–water partition coefficient (Wildman–Crippen LogP) is 5.41. The van der Waals surface area contributed by atoms with E-state index in [-0.39, 0.29) is 5.75 Å². The molecule has 2 aromatic carbocycles. The van der Waals surface area contributed by atoms with E-state index in [9.17, 15) is 9.50 Å². The van der Waals surface area contributed by atoms with E-state index in [1.807, 2.05) is 37.4 Å². The summed E-state index contributed by atoms with van der Waals surface area (Å²) in [4.78, 5) is 2.25. The second kappa shape index (κ2) is 12.3. The van der Waals surface area contributed by atoms with Crippen LogP contribution in [0.1, 0.15) is 38.2 Å². The second-order valence-corrected chi connectivity index (χ2v) is 9.37. The number of rotatable bonds is 14. The van der Waals surface area contributed by atoms with Crippen LogP contribution in [0.25, 0.3) is 11.3 Å². The molecule has 1 atom stereocenters. The van der Waals surface area contributed by atoms with Gasteiger partial charge in [-0.3, -0.25) is 4.90 Å². The Morgan fingerprint density at radius 1 is 1.14 bits per heavy atom. The van der Waals surface area contributed by atoms with Crippen molar-refractivity contribution in [3.05, 3.63) is 66.0 Å². The number of nitrogens with zero attached hydrogens (tertiary/aromatic N) is 3. The molecule has 3 aromatic rings. The number of halogens is 1. The zero-order valence-electron chi connectivity index (χ0n) is 20.7. The number of unbranched alkanes of at least 4 members (excludes halogenated alkanes) is 1. The molecule has 0 bridgehead atoms. The van der Waals surface area contributed by atoms with Gasteiger partial charge < -0.3 is 14.6 Å². The molecule has 35 heavy (non-hydrogen) atoms. The van der Waals surface area contributed by atoms with E-state index in [1.54, 1.807) is 22.9 Å². The minimum atomic E-state index is -0.585. The van der Waals surface area contributed by atoms with Gasteiger partial charge in [-0.2, -0.15) is 5.10 Å². The van der Waals surface area contributed by atoms with Crippen molar-refractivity contribution in [2.75, 3.05) is 26.3 Å². The van der Waals surface area contributed by atoms with Crippen molar-refractivity contribution < 1.29 is 19.0 Å². The minimum Gasteiger partial charge on any atom is -0.436 e. The molecule has 1 heterocycles. The average molecular weight is 482 g/mol. The highest BCUT2D eigenvalue weighted by Gasteiger charge is 2.29. The fraction of sp³-hybridized carbons (Fsp3) is 0.464. The van der Waals surface area contributed by atoms with Crippen LogP contribution in [0.15, 0.2) is 54.6 Å². The van der Waals surface area contributed by atoms with Crippen molar-refractivity contribution in [3.8, 4) is 22.9 Å². The van der Waals surface area contributed by atoms with Crippen LogP contribution in [0.4, 0.5) is 4.39 Å². The molecule has 7 heteroatoms.